The van der Waals surface area contributed by atoms with Crippen LogP contribution in [-0.2, 0) is 0 Å². The van der Waals surface area contributed by atoms with Crippen LogP contribution in [0.3, 0.4) is 0 Å². The molecule has 106 valence electrons. The molecule has 0 atom stereocenters. The molecule has 0 aliphatic heterocycles. The molecule has 1 N–H and O–H groups in total. The molecule has 2 aromatic rings. The zero-order valence-electron chi connectivity index (χ0n) is 11.4. The molecule has 0 bridgehead atoms. The maximum atomic E-state index is 5.64. The predicted octanol–water partition coefficient (Wildman–Crippen LogP) is 4.34. The third-order valence-corrected chi connectivity index (χ3v) is 3.51. The van der Waals surface area contributed by atoms with Gasteiger partial charge in [-0.2, -0.15) is 0 Å². The number of para-hydroxylation sites is 1. The third kappa shape index (κ3) is 4.46. The van der Waals surface area contributed by atoms with Gasteiger partial charge in [0.2, 0.25) is 0 Å². The number of ether oxygens (including phenoxy) is 2. The Labute approximate surface area is 128 Å². The Balaban J connectivity index is 1.73. The van der Waals surface area contributed by atoms with Gasteiger partial charge in [-0.15, -0.1) is 0 Å². The van der Waals surface area contributed by atoms with E-state index in [-0.39, 0.29) is 0 Å². The van der Waals surface area contributed by atoms with Gasteiger partial charge in [0, 0.05) is 17.1 Å². The minimum Gasteiger partial charge on any atom is -0.497 e. The lowest BCUT2D eigenvalue weighted by Gasteiger charge is -2.11. The van der Waals surface area contributed by atoms with Crippen LogP contribution in [0.15, 0.2) is 53.0 Å². The van der Waals surface area contributed by atoms with Crippen molar-refractivity contribution in [3.05, 3.63) is 53.0 Å². The molecule has 0 fully saturated rings. The number of nitrogens with one attached hydrogen (secondary N) is 1. The van der Waals surface area contributed by atoms with Gasteiger partial charge in [0.05, 0.1) is 19.4 Å². The highest BCUT2D eigenvalue weighted by atomic mass is 79.9. The van der Waals surface area contributed by atoms with Crippen LogP contribution in [0, 0.1) is 0 Å². The molecule has 0 spiro atoms. The number of halogens is 1. The summed E-state index contributed by atoms with van der Waals surface area (Å²) in [4.78, 5) is 0. The molecule has 0 heterocycles. The fourth-order valence-electron chi connectivity index (χ4n) is 1.77. The molecule has 0 unspecified atom stereocenters. The zero-order valence-corrected chi connectivity index (χ0v) is 13.0. The number of benzene rings is 2. The van der Waals surface area contributed by atoms with E-state index < -0.39 is 0 Å². The van der Waals surface area contributed by atoms with Gasteiger partial charge in [0.25, 0.3) is 0 Å². The second kappa shape index (κ2) is 7.80. The van der Waals surface area contributed by atoms with Crippen LogP contribution in [0.4, 0.5) is 5.69 Å². The van der Waals surface area contributed by atoms with Crippen molar-refractivity contribution in [2.24, 2.45) is 0 Å². The van der Waals surface area contributed by atoms with Crippen molar-refractivity contribution in [2.45, 2.75) is 6.42 Å². The van der Waals surface area contributed by atoms with Crippen molar-refractivity contribution in [3.63, 3.8) is 0 Å². The van der Waals surface area contributed by atoms with Gasteiger partial charge >= 0.3 is 0 Å². The molecule has 0 aromatic heterocycles. The summed E-state index contributed by atoms with van der Waals surface area (Å²) < 4.78 is 11.9. The van der Waals surface area contributed by atoms with E-state index >= 15 is 0 Å². The molecule has 2 rings (SSSR count). The second-order valence-corrected chi connectivity index (χ2v) is 5.14. The fraction of sp³-hybridized carbons (Fsp3) is 0.250. The third-order valence-electron chi connectivity index (χ3n) is 2.82. The molecular weight excluding hydrogens is 318 g/mol. The fourth-order valence-corrected chi connectivity index (χ4v) is 2.16. The first kappa shape index (κ1) is 14.7. The van der Waals surface area contributed by atoms with Gasteiger partial charge in [-0.3, -0.25) is 0 Å². The first-order chi connectivity index (χ1) is 9.79. The zero-order chi connectivity index (χ0) is 14.2. The number of hydrogen-bond donors (Lipinski definition) is 1. The quantitative estimate of drug-likeness (QED) is 0.763. The average Bonchev–Trinajstić information content (AvgIpc) is 2.50. The maximum Gasteiger partial charge on any atom is 0.121 e. The number of hydrogen-bond acceptors (Lipinski definition) is 3. The van der Waals surface area contributed by atoms with E-state index in [2.05, 4.69) is 21.2 Å². The van der Waals surface area contributed by atoms with E-state index in [0.29, 0.717) is 6.61 Å². The van der Waals surface area contributed by atoms with Gasteiger partial charge in [0.15, 0.2) is 0 Å². The Morgan fingerprint density at radius 2 is 1.85 bits per heavy atom. The summed E-state index contributed by atoms with van der Waals surface area (Å²) in [5.74, 6) is 1.76. The highest BCUT2D eigenvalue weighted by Crippen LogP contribution is 2.26. The molecule has 0 amide bonds. The summed E-state index contributed by atoms with van der Waals surface area (Å²) in [5, 5.41) is 3.37. The smallest absolute Gasteiger partial charge is 0.121 e. The topological polar surface area (TPSA) is 30.5 Å². The van der Waals surface area contributed by atoms with E-state index in [9.17, 15) is 0 Å². The van der Waals surface area contributed by atoms with Crippen molar-refractivity contribution < 1.29 is 9.47 Å². The highest BCUT2D eigenvalue weighted by Gasteiger charge is 2.01. The monoisotopic (exact) mass is 335 g/mol. The van der Waals surface area contributed by atoms with Crippen LogP contribution >= 0.6 is 15.9 Å². The summed E-state index contributed by atoms with van der Waals surface area (Å²) in [5.41, 5.74) is 1.03. The molecule has 0 radical (unpaired) electrons. The summed E-state index contributed by atoms with van der Waals surface area (Å²) in [6.07, 6.45) is 0.929. The standard InChI is InChI=1S/C16H18BrNO2/c1-19-14-8-9-15(17)16(12-14)18-10-5-11-20-13-6-3-2-4-7-13/h2-4,6-9,12,18H,5,10-11H2,1H3. The van der Waals surface area contributed by atoms with Crippen molar-refractivity contribution in [1.82, 2.24) is 0 Å². The van der Waals surface area contributed by atoms with E-state index in [0.717, 1.165) is 34.6 Å². The molecule has 0 saturated carbocycles. The first-order valence-corrected chi connectivity index (χ1v) is 7.34. The maximum absolute atomic E-state index is 5.64. The molecule has 0 saturated heterocycles. The molecular formula is C16H18BrNO2. The number of methoxy groups -OCH3 is 1. The lowest BCUT2D eigenvalue weighted by molar-refractivity contribution is 0.315. The lowest BCUT2D eigenvalue weighted by Crippen LogP contribution is -2.07. The van der Waals surface area contributed by atoms with E-state index in [4.69, 9.17) is 9.47 Å². The van der Waals surface area contributed by atoms with Crippen LogP contribution in [0.25, 0.3) is 0 Å². The Morgan fingerprint density at radius 3 is 2.60 bits per heavy atom. The molecule has 3 nitrogen and oxygen atoms in total. The number of rotatable bonds is 7. The molecule has 0 aliphatic carbocycles. The van der Waals surface area contributed by atoms with Gasteiger partial charge in [0.1, 0.15) is 11.5 Å². The molecule has 0 aliphatic rings. The van der Waals surface area contributed by atoms with Gasteiger partial charge < -0.3 is 14.8 Å². The lowest BCUT2D eigenvalue weighted by atomic mass is 10.3. The van der Waals surface area contributed by atoms with Gasteiger partial charge in [-0.1, -0.05) is 18.2 Å². The summed E-state index contributed by atoms with van der Waals surface area (Å²) >= 11 is 3.52. The van der Waals surface area contributed by atoms with Gasteiger partial charge in [-0.05, 0) is 46.6 Å². The Bertz CT molecular complexity index is 531. The van der Waals surface area contributed by atoms with Crippen LogP contribution < -0.4 is 14.8 Å². The Kier molecular flexibility index (Phi) is 5.74. The van der Waals surface area contributed by atoms with E-state index in [1.807, 2.05) is 48.5 Å². The summed E-state index contributed by atoms with van der Waals surface area (Å²) in [6.45, 7) is 1.54. The second-order valence-electron chi connectivity index (χ2n) is 4.29. The van der Waals surface area contributed by atoms with Crippen LogP contribution in [0.2, 0.25) is 0 Å². The molecule has 4 heteroatoms. The Hall–Kier alpha value is -1.68. The first-order valence-electron chi connectivity index (χ1n) is 6.55. The largest absolute Gasteiger partial charge is 0.497 e. The minimum absolute atomic E-state index is 0.693. The van der Waals surface area contributed by atoms with Crippen molar-refractivity contribution in [2.75, 3.05) is 25.6 Å². The van der Waals surface area contributed by atoms with Crippen LogP contribution in [0.1, 0.15) is 6.42 Å². The molecule has 20 heavy (non-hydrogen) atoms. The van der Waals surface area contributed by atoms with Crippen LogP contribution in [-0.4, -0.2) is 20.3 Å². The minimum atomic E-state index is 0.693. The number of anilines is 1. The Morgan fingerprint density at radius 1 is 1.05 bits per heavy atom. The van der Waals surface area contributed by atoms with Gasteiger partial charge in [-0.25, -0.2) is 0 Å². The normalized spacial score (nSPS) is 10.1. The van der Waals surface area contributed by atoms with Crippen molar-refractivity contribution in [3.8, 4) is 11.5 Å². The van der Waals surface area contributed by atoms with Crippen LogP contribution in [0.5, 0.6) is 11.5 Å². The van der Waals surface area contributed by atoms with E-state index in [1.54, 1.807) is 7.11 Å². The predicted molar refractivity (Wildman–Crippen MR) is 85.7 cm³/mol. The summed E-state index contributed by atoms with van der Waals surface area (Å²) in [6, 6.07) is 15.7. The molecule has 2 aromatic carbocycles. The SMILES string of the molecule is COc1ccc(Br)c(NCCCOc2ccccc2)c1. The van der Waals surface area contributed by atoms with E-state index in [1.165, 1.54) is 0 Å². The average molecular weight is 336 g/mol. The highest BCUT2D eigenvalue weighted by molar-refractivity contribution is 9.10. The summed E-state index contributed by atoms with van der Waals surface area (Å²) in [7, 11) is 1.67. The van der Waals surface area contributed by atoms with Crippen molar-refractivity contribution in [1.29, 1.82) is 0 Å². The van der Waals surface area contributed by atoms with Crippen molar-refractivity contribution >= 4 is 21.6 Å².